The van der Waals surface area contributed by atoms with Gasteiger partial charge in [-0.1, -0.05) is 26.7 Å². The van der Waals surface area contributed by atoms with Crippen LogP contribution in [-0.4, -0.2) is 67.3 Å². The zero-order chi connectivity index (χ0) is 24.2. The normalized spacial score (nSPS) is 12.7. The van der Waals surface area contributed by atoms with E-state index in [1.165, 1.54) is 0 Å². The minimum atomic E-state index is -1.20. The van der Waals surface area contributed by atoms with Crippen LogP contribution in [0.25, 0.3) is 0 Å². The lowest BCUT2D eigenvalue weighted by atomic mass is 10.0. The van der Waals surface area contributed by atoms with E-state index in [1.54, 1.807) is 0 Å². The molecule has 2 atom stereocenters. The molecule has 2 unspecified atom stereocenters. The number of hydrogen-bond acceptors (Lipinski definition) is 7. The van der Waals surface area contributed by atoms with Gasteiger partial charge in [-0.25, -0.2) is 4.79 Å². The highest BCUT2D eigenvalue weighted by atomic mass is 16.5. The highest BCUT2D eigenvalue weighted by Gasteiger charge is 2.21. The predicted octanol–water partition coefficient (Wildman–Crippen LogP) is 2.48. The zero-order valence-electron chi connectivity index (χ0n) is 19.4. The third-order valence-corrected chi connectivity index (χ3v) is 4.94. The van der Waals surface area contributed by atoms with E-state index in [-0.39, 0.29) is 50.1 Å². The quantitative estimate of drug-likeness (QED) is 0.187. The molecule has 0 aromatic carbocycles. The lowest BCUT2D eigenvalue weighted by molar-refractivity contribution is -0.143. The maximum atomic E-state index is 12.0. The lowest BCUT2D eigenvalue weighted by Crippen LogP contribution is -2.42. The second-order valence-electron chi connectivity index (χ2n) is 7.91. The highest BCUT2D eigenvalue weighted by Crippen LogP contribution is 2.10. The van der Waals surface area contributed by atoms with Gasteiger partial charge in [0, 0.05) is 38.2 Å². The Hall–Kier alpha value is -2.13. The molecule has 9 heteroatoms. The molecule has 0 aliphatic heterocycles. The number of aldehydes is 1. The van der Waals surface area contributed by atoms with Crippen LogP contribution in [0.5, 0.6) is 0 Å². The number of hydrogen-bond donors (Lipinski definition) is 2. The van der Waals surface area contributed by atoms with Crippen molar-refractivity contribution in [3.63, 3.8) is 0 Å². The topological polar surface area (TPSA) is 136 Å². The molecule has 0 aromatic heterocycles. The third-order valence-electron chi connectivity index (χ3n) is 4.94. The molecule has 0 aliphatic carbocycles. The summed E-state index contributed by atoms with van der Waals surface area (Å²) >= 11 is 0. The number of rotatable bonds is 22. The average Bonchev–Trinajstić information content (AvgIpc) is 2.77. The number of ether oxygens (including phenoxy) is 2. The fourth-order valence-electron chi connectivity index (χ4n) is 2.89. The van der Waals surface area contributed by atoms with Crippen LogP contribution in [0.3, 0.4) is 0 Å². The van der Waals surface area contributed by atoms with Gasteiger partial charge in [0.25, 0.3) is 0 Å². The summed E-state index contributed by atoms with van der Waals surface area (Å²) in [5.41, 5.74) is 0. The molecule has 0 fully saturated rings. The molecular formula is C23H39NO8. The van der Waals surface area contributed by atoms with E-state index in [2.05, 4.69) is 5.32 Å². The summed E-state index contributed by atoms with van der Waals surface area (Å²) in [6.45, 7) is 4.27. The van der Waals surface area contributed by atoms with Gasteiger partial charge in [-0.2, -0.15) is 0 Å². The van der Waals surface area contributed by atoms with Crippen molar-refractivity contribution < 1.29 is 38.6 Å². The number of nitrogens with one attached hydrogen (secondary N) is 1. The van der Waals surface area contributed by atoms with Crippen LogP contribution in [0.15, 0.2) is 0 Å². The Morgan fingerprint density at radius 2 is 1.56 bits per heavy atom. The van der Waals surface area contributed by atoms with Crippen molar-refractivity contribution in [1.29, 1.82) is 0 Å². The fraction of sp³-hybridized carbons (Fsp3) is 0.783. The Labute approximate surface area is 190 Å². The lowest BCUT2D eigenvalue weighted by Gasteiger charge is -2.14. The van der Waals surface area contributed by atoms with Crippen molar-refractivity contribution in [3.8, 4) is 0 Å². The molecule has 0 heterocycles. The highest BCUT2D eigenvalue weighted by molar-refractivity contribution is 5.85. The average molecular weight is 458 g/mol. The van der Waals surface area contributed by atoms with Crippen molar-refractivity contribution in [2.75, 3.05) is 26.4 Å². The molecule has 0 bridgehead atoms. The number of carbonyl (C=O) groups excluding carboxylic acids is 4. The molecule has 0 aromatic rings. The number of aliphatic carboxylic acids is 1. The molecule has 0 saturated carbocycles. The SMILES string of the molecule is CCC(=O)CCCOCCOCC(=O)NC(CCC(=O)CCCCCC(C)C=O)C(=O)O. The summed E-state index contributed by atoms with van der Waals surface area (Å²) < 4.78 is 10.5. The number of unbranched alkanes of at least 4 members (excludes halogenated alkanes) is 2. The van der Waals surface area contributed by atoms with Gasteiger partial charge in [0.2, 0.25) is 5.91 Å². The van der Waals surface area contributed by atoms with E-state index in [4.69, 9.17) is 9.47 Å². The van der Waals surface area contributed by atoms with Crippen LogP contribution in [-0.2, 0) is 33.4 Å². The number of amides is 1. The molecule has 0 aliphatic rings. The molecule has 32 heavy (non-hydrogen) atoms. The Balaban J connectivity index is 3.89. The number of ketones is 2. The summed E-state index contributed by atoms with van der Waals surface area (Å²) in [4.78, 5) is 56.9. The monoisotopic (exact) mass is 457 g/mol. The molecule has 9 nitrogen and oxygen atoms in total. The number of Topliss-reactive ketones (excluding diaryl/α,β-unsaturated/α-hetero) is 2. The number of carboxylic acids is 1. The predicted molar refractivity (Wildman–Crippen MR) is 118 cm³/mol. The first kappa shape index (κ1) is 29.9. The molecule has 1 amide bonds. The second-order valence-corrected chi connectivity index (χ2v) is 7.91. The number of carbonyl (C=O) groups is 5. The van der Waals surface area contributed by atoms with E-state index in [9.17, 15) is 29.1 Å². The van der Waals surface area contributed by atoms with Gasteiger partial charge >= 0.3 is 5.97 Å². The van der Waals surface area contributed by atoms with E-state index in [0.29, 0.717) is 38.7 Å². The summed E-state index contributed by atoms with van der Waals surface area (Å²) in [6.07, 6.45) is 6.29. The van der Waals surface area contributed by atoms with Crippen molar-refractivity contribution in [2.45, 2.75) is 84.1 Å². The van der Waals surface area contributed by atoms with Crippen LogP contribution >= 0.6 is 0 Å². The maximum absolute atomic E-state index is 12.0. The first-order valence-corrected chi connectivity index (χ1v) is 11.5. The molecule has 0 saturated heterocycles. The molecule has 0 radical (unpaired) electrons. The molecular weight excluding hydrogens is 418 g/mol. The zero-order valence-corrected chi connectivity index (χ0v) is 19.4. The maximum Gasteiger partial charge on any atom is 0.326 e. The van der Waals surface area contributed by atoms with Gasteiger partial charge in [-0.05, 0) is 25.7 Å². The molecule has 0 rings (SSSR count). The van der Waals surface area contributed by atoms with E-state index in [1.807, 2.05) is 13.8 Å². The van der Waals surface area contributed by atoms with Crippen LogP contribution < -0.4 is 5.32 Å². The Kier molecular flexibility index (Phi) is 18.2. The van der Waals surface area contributed by atoms with Crippen LogP contribution in [0.2, 0.25) is 0 Å². The van der Waals surface area contributed by atoms with Crippen molar-refractivity contribution >= 4 is 29.7 Å². The van der Waals surface area contributed by atoms with E-state index >= 15 is 0 Å². The van der Waals surface area contributed by atoms with Gasteiger partial charge in [0.1, 0.15) is 30.5 Å². The molecule has 2 N–H and O–H groups in total. The largest absolute Gasteiger partial charge is 0.480 e. The van der Waals surface area contributed by atoms with Crippen molar-refractivity contribution in [1.82, 2.24) is 5.32 Å². The summed E-state index contributed by atoms with van der Waals surface area (Å²) in [6, 6.07) is -1.14. The fourth-order valence-corrected chi connectivity index (χ4v) is 2.89. The summed E-state index contributed by atoms with van der Waals surface area (Å²) in [5.74, 6) is -1.58. The van der Waals surface area contributed by atoms with Gasteiger partial charge in [0.05, 0.1) is 13.2 Å². The second kappa shape index (κ2) is 19.5. The van der Waals surface area contributed by atoms with Gasteiger partial charge in [0.15, 0.2) is 0 Å². The third kappa shape index (κ3) is 17.5. The van der Waals surface area contributed by atoms with Crippen molar-refractivity contribution in [3.05, 3.63) is 0 Å². The minimum absolute atomic E-state index is 0.0294. The van der Waals surface area contributed by atoms with Crippen molar-refractivity contribution in [2.24, 2.45) is 5.92 Å². The smallest absolute Gasteiger partial charge is 0.326 e. The first-order valence-electron chi connectivity index (χ1n) is 11.5. The Morgan fingerprint density at radius 1 is 0.875 bits per heavy atom. The van der Waals surface area contributed by atoms with E-state index in [0.717, 1.165) is 25.5 Å². The summed E-state index contributed by atoms with van der Waals surface area (Å²) in [7, 11) is 0. The summed E-state index contributed by atoms with van der Waals surface area (Å²) in [5, 5.41) is 11.6. The van der Waals surface area contributed by atoms with Crippen LogP contribution in [0, 0.1) is 5.92 Å². The number of carboxylic acid groups (broad SMARTS) is 1. The first-order chi connectivity index (χ1) is 15.3. The van der Waals surface area contributed by atoms with Gasteiger partial charge < -0.3 is 24.7 Å². The van der Waals surface area contributed by atoms with E-state index < -0.39 is 17.9 Å². The Bertz CT molecular complexity index is 578. The van der Waals surface area contributed by atoms with Crippen LogP contribution in [0.4, 0.5) is 0 Å². The van der Waals surface area contributed by atoms with Gasteiger partial charge in [-0.3, -0.25) is 14.4 Å². The minimum Gasteiger partial charge on any atom is -0.480 e. The van der Waals surface area contributed by atoms with Crippen LogP contribution in [0.1, 0.15) is 78.1 Å². The standard InChI is InChI=1S/C23H39NO8/c1-3-19(26)10-7-13-31-14-15-32-17-22(28)24-21(23(29)30)12-11-20(27)9-6-4-5-8-18(2)16-25/h16,18,21H,3-15,17H2,1-2H3,(H,24,28)(H,29,30). The molecule has 184 valence electrons. The Morgan fingerprint density at radius 3 is 2.22 bits per heavy atom. The molecule has 0 spiro atoms. The van der Waals surface area contributed by atoms with Gasteiger partial charge in [-0.15, -0.1) is 0 Å².